The summed E-state index contributed by atoms with van der Waals surface area (Å²) in [4.78, 5) is 3.91. The molecule has 0 aromatic carbocycles. The Labute approximate surface area is 128 Å². The third kappa shape index (κ3) is 3.78. The molecular weight excluding hydrogens is 295 g/mol. The third-order valence-corrected chi connectivity index (χ3v) is 3.37. The third-order valence-electron chi connectivity index (χ3n) is 3.08. The number of pyridine rings is 1. The van der Waals surface area contributed by atoms with Gasteiger partial charge < -0.3 is 10.1 Å². The van der Waals surface area contributed by atoms with E-state index in [9.17, 15) is 4.39 Å². The number of hydrogen-bond donors (Lipinski definition) is 1. The summed E-state index contributed by atoms with van der Waals surface area (Å²) in [7, 11) is 1.63. The Balaban J connectivity index is 2.40. The average molecular weight is 313 g/mol. The van der Waals surface area contributed by atoms with Gasteiger partial charge in [0.1, 0.15) is 5.82 Å². The van der Waals surface area contributed by atoms with Crippen LogP contribution < -0.4 is 5.32 Å². The molecule has 0 aliphatic rings. The maximum atomic E-state index is 13.4. The Hall–Kier alpha value is -1.50. The molecule has 2 aromatic heterocycles. The topological polar surface area (TPSA) is 52.0 Å². The van der Waals surface area contributed by atoms with Crippen LogP contribution in [-0.4, -0.2) is 35.0 Å². The van der Waals surface area contributed by atoms with E-state index in [2.05, 4.69) is 15.4 Å². The maximum absolute atomic E-state index is 13.4. The minimum atomic E-state index is -0.380. The molecule has 0 spiro atoms. The SMILES string of the molecule is CCNC(c1cncc(F)c1)c1c(Cl)cnn1CCOC. The molecule has 0 saturated carbocycles. The van der Waals surface area contributed by atoms with Crippen LogP contribution in [0.25, 0.3) is 0 Å². The zero-order valence-corrected chi connectivity index (χ0v) is 12.8. The molecule has 0 amide bonds. The molecule has 1 atom stereocenters. The molecule has 1 N–H and O–H groups in total. The van der Waals surface area contributed by atoms with Crippen molar-refractivity contribution in [2.45, 2.75) is 19.5 Å². The Bertz CT molecular complexity index is 590. The number of nitrogens with one attached hydrogen (secondary N) is 1. The highest BCUT2D eigenvalue weighted by molar-refractivity contribution is 6.31. The monoisotopic (exact) mass is 312 g/mol. The molecule has 0 aliphatic heterocycles. The molecular formula is C14H18ClFN4O. The van der Waals surface area contributed by atoms with Gasteiger partial charge in [0.05, 0.1) is 42.3 Å². The predicted molar refractivity (Wildman–Crippen MR) is 78.8 cm³/mol. The van der Waals surface area contributed by atoms with Crippen molar-refractivity contribution in [1.29, 1.82) is 0 Å². The summed E-state index contributed by atoms with van der Waals surface area (Å²) in [6, 6.07) is 1.18. The second kappa shape index (κ2) is 7.49. The van der Waals surface area contributed by atoms with E-state index < -0.39 is 0 Å². The first-order valence-electron chi connectivity index (χ1n) is 6.71. The predicted octanol–water partition coefficient (Wildman–Crippen LogP) is 2.42. The number of nitrogens with zero attached hydrogens (tertiary/aromatic N) is 3. The van der Waals surface area contributed by atoms with Gasteiger partial charge in [-0.1, -0.05) is 18.5 Å². The van der Waals surface area contributed by atoms with Crippen molar-refractivity contribution in [3.05, 3.63) is 46.8 Å². The van der Waals surface area contributed by atoms with Crippen molar-refractivity contribution in [3.63, 3.8) is 0 Å². The van der Waals surface area contributed by atoms with Crippen LogP contribution in [0, 0.1) is 5.82 Å². The van der Waals surface area contributed by atoms with Gasteiger partial charge >= 0.3 is 0 Å². The number of aromatic nitrogens is 3. The van der Waals surface area contributed by atoms with Crippen molar-refractivity contribution < 1.29 is 9.13 Å². The maximum Gasteiger partial charge on any atom is 0.141 e. The minimum absolute atomic E-state index is 0.273. The minimum Gasteiger partial charge on any atom is -0.383 e. The Morgan fingerprint density at radius 1 is 1.43 bits per heavy atom. The molecule has 0 fully saturated rings. The molecule has 2 heterocycles. The molecule has 21 heavy (non-hydrogen) atoms. The molecule has 0 bridgehead atoms. The summed E-state index contributed by atoms with van der Waals surface area (Å²) < 4.78 is 20.3. The van der Waals surface area contributed by atoms with Crippen LogP contribution in [0.5, 0.6) is 0 Å². The molecule has 5 nitrogen and oxygen atoms in total. The second-order valence-electron chi connectivity index (χ2n) is 4.52. The number of halogens is 2. The van der Waals surface area contributed by atoms with Gasteiger partial charge in [-0.3, -0.25) is 9.67 Å². The van der Waals surface area contributed by atoms with Gasteiger partial charge in [0, 0.05) is 13.3 Å². The molecule has 0 aliphatic carbocycles. The zero-order chi connectivity index (χ0) is 15.2. The van der Waals surface area contributed by atoms with Gasteiger partial charge in [-0.05, 0) is 18.2 Å². The van der Waals surface area contributed by atoms with Crippen LogP contribution in [0.1, 0.15) is 24.2 Å². The first kappa shape index (κ1) is 15.9. The molecule has 0 radical (unpaired) electrons. The summed E-state index contributed by atoms with van der Waals surface area (Å²) in [5, 5.41) is 8.08. The van der Waals surface area contributed by atoms with E-state index in [4.69, 9.17) is 16.3 Å². The van der Waals surface area contributed by atoms with Gasteiger partial charge in [0.25, 0.3) is 0 Å². The van der Waals surface area contributed by atoms with E-state index in [1.807, 2.05) is 6.92 Å². The van der Waals surface area contributed by atoms with Crippen LogP contribution in [0.4, 0.5) is 4.39 Å². The Morgan fingerprint density at radius 3 is 2.90 bits per heavy atom. The average Bonchev–Trinajstić information content (AvgIpc) is 2.83. The molecule has 7 heteroatoms. The van der Waals surface area contributed by atoms with Gasteiger partial charge in [0.15, 0.2) is 0 Å². The van der Waals surface area contributed by atoms with Crippen molar-refractivity contribution in [2.75, 3.05) is 20.3 Å². The van der Waals surface area contributed by atoms with Crippen LogP contribution in [-0.2, 0) is 11.3 Å². The summed E-state index contributed by atoms with van der Waals surface area (Å²) in [5.74, 6) is -0.380. The molecule has 114 valence electrons. The van der Waals surface area contributed by atoms with Crippen LogP contribution in [0.3, 0.4) is 0 Å². The second-order valence-corrected chi connectivity index (χ2v) is 4.93. The lowest BCUT2D eigenvalue weighted by atomic mass is 10.1. The van der Waals surface area contributed by atoms with E-state index in [1.54, 1.807) is 24.2 Å². The van der Waals surface area contributed by atoms with E-state index in [0.29, 0.717) is 30.3 Å². The highest BCUT2D eigenvalue weighted by Gasteiger charge is 2.22. The number of rotatable bonds is 7. The van der Waals surface area contributed by atoms with E-state index in [1.165, 1.54) is 12.3 Å². The number of methoxy groups -OCH3 is 1. The van der Waals surface area contributed by atoms with E-state index in [0.717, 1.165) is 5.69 Å². The summed E-state index contributed by atoms with van der Waals surface area (Å²) >= 11 is 6.27. The standard InChI is InChI=1S/C14H18ClFN4O/c1-3-18-13(10-6-11(16)8-17-7-10)14-12(15)9-19-20(14)4-5-21-2/h6-9,13,18H,3-5H2,1-2H3. The fourth-order valence-electron chi connectivity index (χ4n) is 2.18. The van der Waals surface area contributed by atoms with E-state index in [-0.39, 0.29) is 11.9 Å². The van der Waals surface area contributed by atoms with Crippen molar-refractivity contribution in [2.24, 2.45) is 0 Å². The fourth-order valence-corrected chi connectivity index (χ4v) is 2.43. The number of ether oxygens (including phenoxy) is 1. The highest BCUT2D eigenvalue weighted by atomic mass is 35.5. The Kier molecular flexibility index (Phi) is 5.67. The largest absolute Gasteiger partial charge is 0.383 e. The lowest BCUT2D eigenvalue weighted by molar-refractivity contribution is 0.182. The lowest BCUT2D eigenvalue weighted by Gasteiger charge is -2.20. The van der Waals surface area contributed by atoms with Gasteiger partial charge in [-0.2, -0.15) is 5.10 Å². The molecule has 0 saturated heterocycles. The summed E-state index contributed by atoms with van der Waals surface area (Å²) in [6.45, 7) is 3.77. The normalized spacial score (nSPS) is 12.6. The van der Waals surface area contributed by atoms with Crippen LogP contribution in [0.15, 0.2) is 24.7 Å². The quantitative estimate of drug-likeness (QED) is 0.853. The first-order valence-corrected chi connectivity index (χ1v) is 7.09. The van der Waals surface area contributed by atoms with Crippen molar-refractivity contribution >= 4 is 11.6 Å². The molecule has 2 aromatic rings. The Morgan fingerprint density at radius 2 is 2.24 bits per heavy atom. The summed E-state index contributed by atoms with van der Waals surface area (Å²) in [5.41, 5.74) is 1.49. The first-order chi connectivity index (χ1) is 10.2. The van der Waals surface area contributed by atoms with Crippen LogP contribution >= 0.6 is 11.6 Å². The van der Waals surface area contributed by atoms with E-state index >= 15 is 0 Å². The molecule has 2 rings (SSSR count). The van der Waals surface area contributed by atoms with Gasteiger partial charge in [-0.15, -0.1) is 0 Å². The molecule has 1 unspecified atom stereocenters. The zero-order valence-electron chi connectivity index (χ0n) is 12.0. The number of hydrogen-bond acceptors (Lipinski definition) is 4. The smallest absolute Gasteiger partial charge is 0.141 e. The summed E-state index contributed by atoms with van der Waals surface area (Å²) in [6.07, 6.45) is 4.39. The van der Waals surface area contributed by atoms with Crippen LogP contribution in [0.2, 0.25) is 5.02 Å². The van der Waals surface area contributed by atoms with Gasteiger partial charge in [0.2, 0.25) is 0 Å². The van der Waals surface area contributed by atoms with Crippen molar-refractivity contribution in [1.82, 2.24) is 20.1 Å². The van der Waals surface area contributed by atoms with Gasteiger partial charge in [-0.25, -0.2) is 4.39 Å². The van der Waals surface area contributed by atoms with Crippen molar-refractivity contribution in [3.8, 4) is 0 Å². The fraction of sp³-hybridized carbons (Fsp3) is 0.429. The lowest BCUT2D eigenvalue weighted by Crippen LogP contribution is -2.26. The highest BCUT2D eigenvalue weighted by Crippen LogP contribution is 2.28.